The summed E-state index contributed by atoms with van der Waals surface area (Å²) in [5.74, 6) is -0.0338. The van der Waals surface area contributed by atoms with E-state index in [1.807, 2.05) is 13.0 Å². The summed E-state index contributed by atoms with van der Waals surface area (Å²) >= 11 is 0. The Bertz CT molecular complexity index is 865. The van der Waals surface area contributed by atoms with E-state index in [-0.39, 0.29) is 17.6 Å². The molecule has 0 radical (unpaired) electrons. The minimum atomic E-state index is -0.509. The third kappa shape index (κ3) is 2.04. The highest BCUT2D eigenvalue weighted by atomic mass is 16.5. The molecule has 4 rings (SSSR count). The van der Waals surface area contributed by atoms with Crippen LogP contribution in [0.2, 0.25) is 0 Å². The van der Waals surface area contributed by atoms with Crippen molar-refractivity contribution in [2.24, 2.45) is 0 Å². The van der Waals surface area contributed by atoms with Crippen molar-refractivity contribution in [1.29, 1.82) is 0 Å². The van der Waals surface area contributed by atoms with Gasteiger partial charge in [-0.05, 0) is 43.9 Å². The Morgan fingerprint density at radius 1 is 1.30 bits per heavy atom. The van der Waals surface area contributed by atoms with Crippen molar-refractivity contribution in [1.82, 2.24) is 4.57 Å². The predicted molar refractivity (Wildman–Crippen MR) is 89.1 cm³/mol. The number of carbonyl (C=O) groups excluding carboxylic acids is 1. The second kappa shape index (κ2) is 5.22. The van der Waals surface area contributed by atoms with Crippen LogP contribution in [0, 0.1) is 6.92 Å². The first-order valence-electron chi connectivity index (χ1n) is 8.48. The van der Waals surface area contributed by atoms with Crippen molar-refractivity contribution in [3.05, 3.63) is 45.2 Å². The van der Waals surface area contributed by atoms with E-state index in [0.29, 0.717) is 17.3 Å². The Kier molecular flexibility index (Phi) is 3.29. The highest BCUT2D eigenvalue weighted by Gasteiger charge is 2.37. The summed E-state index contributed by atoms with van der Waals surface area (Å²) in [6.45, 7) is 4.06. The quantitative estimate of drug-likeness (QED) is 0.795. The predicted octanol–water partition coefficient (Wildman–Crippen LogP) is 3.70. The van der Waals surface area contributed by atoms with Gasteiger partial charge in [0.15, 0.2) is 0 Å². The van der Waals surface area contributed by atoms with Gasteiger partial charge in [-0.25, -0.2) is 4.79 Å². The number of pyridine rings is 1. The molecular weight excluding hydrogens is 290 g/mol. The smallest absolute Gasteiger partial charge is 0.343 e. The second-order valence-corrected chi connectivity index (χ2v) is 6.71. The third-order valence-electron chi connectivity index (χ3n) is 5.28. The highest BCUT2D eigenvalue weighted by Crippen LogP contribution is 2.49. The van der Waals surface area contributed by atoms with Crippen LogP contribution in [0.4, 0.5) is 0 Å². The molecular formula is C19H21NO3. The van der Waals surface area contributed by atoms with E-state index in [1.165, 1.54) is 18.4 Å². The van der Waals surface area contributed by atoms with Crippen LogP contribution in [0.15, 0.2) is 23.1 Å². The van der Waals surface area contributed by atoms with E-state index in [0.717, 1.165) is 23.9 Å². The van der Waals surface area contributed by atoms with E-state index in [1.54, 1.807) is 13.1 Å². The number of carbonyl (C=O) groups is 1. The first kappa shape index (κ1) is 14.5. The van der Waals surface area contributed by atoms with E-state index in [9.17, 15) is 9.59 Å². The summed E-state index contributed by atoms with van der Waals surface area (Å²) in [5, 5.41) is 0.667. The van der Waals surface area contributed by atoms with Gasteiger partial charge in [-0.1, -0.05) is 18.9 Å². The molecule has 1 saturated carbocycles. The van der Waals surface area contributed by atoms with Crippen LogP contribution in [0.25, 0.3) is 10.9 Å². The number of esters is 1. The van der Waals surface area contributed by atoms with Gasteiger partial charge >= 0.3 is 5.97 Å². The number of aryl methyl sites for hydroxylation is 1. The van der Waals surface area contributed by atoms with Crippen LogP contribution in [0.1, 0.15) is 66.1 Å². The third-order valence-corrected chi connectivity index (χ3v) is 5.28. The summed E-state index contributed by atoms with van der Waals surface area (Å²) in [7, 11) is 0. The number of aromatic nitrogens is 1. The number of fused-ring (bicyclic) bond motifs is 3. The number of hydrogen-bond donors (Lipinski definition) is 0. The molecule has 23 heavy (non-hydrogen) atoms. The fourth-order valence-electron chi connectivity index (χ4n) is 4.38. The molecule has 1 aromatic heterocycles. The fraction of sp³-hybridized carbons (Fsp3) is 0.474. The maximum atomic E-state index is 12.8. The lowest BCUT2D eigenvalue weighted by molar-refractivity contribution is 0.0524. The highest BCUT2D eigenvalue weighted by molar-refractivity contribution is 5.95. The zero-order chi connectivity index (χ0) is 16.1. The van der Waals surface area contributed by atoms with E-state index in [4.69, 9.17) is 4.74 Å². The number of benzene rings is 1. The number of rotatable bonds is 2. The first-order chi connectivity index (χ1) is 11.1. The van der Waals surface area contributed by atoms with Gasteiger partial charge in [0.25, 0.3) is 0 Å². The molecule has 120 valence electrons. The van der Waals surface area contributed by atoms with Gasteiger partial charge in [-0.3, -0.25) is 4.79 Å². The van der Waals surface area contributed by atoms with Crippen LogP contribution in [0.3, 0.4) is 0 Å². The maximum Gasteiger partial charge on any atom is 0.343 e. The average molecular weight is 311 g/mol. The Morgan fingerprint density at radius 2 is 2.09 bits per heavy atom. The van der Waals surface area contributed by atoms with Crippen LogP contribution in [0.5, 0.6) is 0 Å². The zero-order valence-corrected chi connectivity index (χ0v) is 13.6. The molecule has 2 aromatic rings. The van der Waals surface area contributed by atoms with E-state index >= 15 is 0 Å². The molecule has 1 aliphatic carbocycles. The minimum absolute atomic E-state index is 0.169. The molecule has 2 heterocycles. The molecule has 1 fully saturated rings. The number of nitrogens with zero attached hydrogens (tertiary/aromatic N) is 1. The normalized spacial score (nSPS) is 22.2. The van der Waals surface area contributed by atoms with Gasteiger partial charge in [-0.2, -0.15) is 0 Å². The topological polar surface area (TPSA) is 48.3 Å². The van der Waals surface area contributed by atoms with E-state index in [2.05, 4.69) is 10.6 Å². The molecule has 0 bridgehead atoms. The molecule has 0 amide bonds. The lowest BCUT2D eigenvalue weighted by Gasteiger charge is -2.27. The molecule has 4 heteroatoms. The van der Waals surface area contributed by atoms with Gasteiger partial charge in [0, 0.05) is 23.5 Å². The molecule has 1 aromatic carbocycles. The van der Waals surface area contributed by atoms with Gasteiger partial charge in [0.1, 0.15) is 5.56 Å². The Hall–Kier alpha value is -2.10. The molecule has 2 atom stereocenters. The van der Waals surface area contributed by atoms with Gasteiger partial charge < -0.3 is 9.30 Å². The second-order valence-electron chi connectivity index (χ2n) is 6.71. The standard InChI is InChI=1S/C19H21NO3/c1-3-23-19(22)15-10-20-16-7-5-4-6-12(16)13-8-11(2)9-14(17(13)20)18(15)21/h8-10,12,16H,3-7H2,1-2H3. The largest absolute Gasteiger partial charge is 0.462 e. The average Bonchev–Trinajstić information content (AvgIpc) is 2.85. The Morgan fingerprint density at radius 3 is 2.87 bits per heavy atom. The maximum absolute atomic E-state index is 12.8. The van der Waals surface area contributed by atoms with Crippen molar-refractivity contribution in [3.8, 4) is 0 Å². The molecule has 0 spiro atoms. The van der Waals surface area contributed by atoms with Crippen molar-refractivity contribution < 1.29 is 9.53 Å². The molecule has 1 aliphatic heterocycles. The van der Waals surface area contributed by atoms with Crippen molar-refractivity contribution >= 4 is 16.9 Å². The summed E-state index contributed by atoms with van der Waals surface area (Å²) < 4.78 is 7.27. The van der Waals surface area contributed by atoms with Crippen molar-refractivity contribution in [3.63, 3.8) is 0 Å². The van der Waals surface area contributed by atoms with Crippen LogP contribution in [-0.2, 0) is 4.74 Å². The number of hydrogen-bond acceptors (Lipinski definition) is 3. The minimum Gasteiger partial charge on any atom is -0.462 e. The summed E-state index contributed by atoms with van der Waals surface area (Å²) in [6, 6.07) is 4.51. The molecule has 2 aliphatic rings. The summed E-state index contributed by atoms with van der Waals surface area (Å²) in [4.78, 5) is 25.0. The summed E-state index contributed by atoms with van der Waals surface area (Å²) in [5.41, 5.74) is 3.38. The Labute approximate surface area is 135 Å². The SMILES string of the molecule is CCOC(=O)c1cn2c3c(cc(C)cc3c1=O)C1CCCCC12. The van der Waals surface area contributed by atoms with Crippen LogP contribution < -0.4 is 5.43 Å². The molecule has 2 unspecified atom stereocenters. The monoisotopic (exact) mass is 311 g/mol. The van der Waals surface area contributed by atoms with E-state index < -0.39 is 5.97 Å². The zero-order valence-electron chi connectivity index (χ0n) is 13.6. The van der Waals surface area contributed by atoms with Gasteiger partial charge in [-0.15, -0.1) is 0 Å². The summed E-state index contributed by atoms with van der Waals surface area (Å²) in [6.07, 6.45) is 6.46. The van der Waals surface area contributed by atoms with Gasteiger partial charge in [0.2, 0.25) is 5.43 Å². The molecule has 4 nitrogen and oxygen atoms in total. The van der Waals surface area contributed by atoms with Crippen molar-refractivity contribution in [2.45, 2.75) is 51.5 Å². The molecule has 0 N–H and O–H groups in total. The van der Waals surface area contributed by atoms with Crippen LogP contribution in [-0.4, -0.2) is 17.1 Å². The lowest BCUT2D eigenvalue weighted by atomic mass is 9.82. The lowest BCUT2D eigenvalue weighted by Crippen LogP contribution is -2.22. The number of ether oxygens (including phenoxy) is 1. The Balaban J connectivity index is 2.03. The molecule has 0 saturated heterocycles. The van der Waals surface area contributed by atoms with Gasteiger partial charge in [0.05, 0.1) is 12.1 Å². The van der Waals surface area contributed by atoms with Crippen LogP contribution >= 0.6 is 0 Å². The first-order valence-corrected chi connectivity index (χ1v) is 8.48. The fourth-order valence-corrected chi connectivity index (χ4v) is 4.38. The van der Waals surface area contributed by atoms with Crippen molar-refractivity contribution in [2.75, 3.05) is 6.61 Å².